The van der Waals surface area contributed by atoms with Gasteiger partial charge in [0.1, 0.15) is 0 Å². The molecule has 4 aliphatic rings. The van der Waals surface area contributed by atoms with Crippen LogP contribution < -0.4 is 24.8 Å². The second-order valence-electron chi connectivity index (χ2n) is 19.0. The minimum absolute atomic E-state index is 0. The summed E-state index contributed by atoms with van der Waals surface area (Å²) in [5, 5.41) is 10.8. The van der Waals surface area contributed by atoms with E-state index in [4.69, 9.17) is 0 Å². The first-order valence-electron chi connectivity index (χ1n) is 22.5. The van der Waals surface area contributed by atoms with E-state index >= 15 is 0 Å². The van der Waals surface area contributed by atoms with Crippen molar-refractivity contribution in [3.05, 3.63) is 179 Å². The predicted molar refractivity (Wildman–Crippen MR) is 251 cm³/mol. The number of rotatable bonds is 6. The number of hydrogen-bond donors (Lipinski definition) is 0. The van der Waals surface area contributed by atoms with E-state index in [1.807, 2.05) is 0 Å². The predicted octanol–water partition coefficient (Wildman–Crippen LogP) is 10.8. The van der Waals surface area contributed by atoms with Crippen LogP contribution in [0.5, 0.6) is 0 Å². The first-order chi connectivity index (χ1) is 28.9. The van der Waals surface area contributed by atoms with E-state index in [0.29, 0.717) is 19.2 Å². The number of halogens is 2. The van der Waals surface area contributed by atoms with Gasteiger partial charge in [-0.25, -0.2) is 0 Å². The van der Waals surface area contributed by atoms with Gasteiger partial charge in [-0.2, -0.15) is 0 Å². The Labute approximate surface area is 378 Å². The molecule has 1 aliphatic heterocycles. The summed E-state index contributed by atoms with van der Waals surface area (Å²) in [6, 6.07) is 56.2. The number of allylic oxidation sites excluding steroid dienone is 2. The van der Waals surface area contributed by atoms with Crippen LogP contribution in [-0.2, 0) is 20.0 Å². The van der Waals surface area contributed by atoms with Crippen molar-refractivity contribution in [2.75, 3.05) is 0 Å². The molecule has 12 rings (SSSR count). The molecule has 1 saturated heterocycles. The zero-order chi connectivity index (χ0) is 39.6. The van der Waals surface area contributed by atoms with Crippen LogP contribution in [0, 0.1) is 11.8 Å². The molecule has 3 heteroatoms. The average Bonchev–Trinajstić information content (AvgIpc) is 3.51. The quantitative estimate of drug-likeness (QED) is 0.115. The van der Waals surface area contributed by atoms with E-state index in [2.05, 4.69) is 185 Å². The van der Waals surface area contributed by atoms with Crippen molar-refractivity contribution < 1.29 is 44.8 Å². The van der Waals surface area contributed by atoms with Gasteiger partial charge < -0.3 is 24.8 Å². The van der Waals surface area contributed by atoms with Crippen molar-refractivity contribution >= 4 is 55.2 Å². The fourth-order valence-electron chi connectivity index (χ4n) is 13.3. The third-order valence-corrected chi connectivity index (χ3v) is 40.2. The maximum absolute atomic E-state index is 3.50. The van der Waals surface area contributed by atoms with Gasteiger partial charge in [0, 0.05) is 0 Å². The third kappa shape index (κ3) is 5.93. The van der Waals surface area contributed by atoms with Crippen LogP contribution in [0.4, 0.5) is 0 Å². The molecular weight excluding hydrogens is 946 g/mol. The SMILES string of the molecule is CC(C)C1=Cc2c(-c3c4ccccc4cc4ccccc34)cccc2[CH]1[Hf+2]1([CH]2C(C(C)C)=Cc3c(-c4c5ccccc5cc5ccccc45)cccc32)[CH]2CCCC[CH]21.[Cl-].[Cl-]. The van der Waals surface area contributed by atoms with E-state index in [1.165, 1.54) is 102 Å². The summed E-state index contributed by atoms with van der Waals surface area (Å²) in [5.41, 5.74) is 15.6. The molecule has 0 N–H and O–H groups in total. The summed E-state index contributed by atoms with van der Waals surface area (Å²) in [6.07, 6.45) is 11.2. The second-order valence-corrected chi connectivity index (χ2v) is 35.6. The fraction of sp³-hybridized carbons (Fsp3) is 0.241. The van der Waals surface area contributed by atoms with Crippen molar-refractivity contribution in [1.29, 1.82) is 0 Å². The maximum atomic E-state index is 2.75. The molecule has 0 nitrogen and oxygen atoms in total. The summed E-state index contributed by atoms with van der Waals surface area (Å²) >= 11 is -3.50. The molecule has 0 radical (unpaired) electrons. The Kier molecular flexibility index (Phi) is 10.4. The molecule has 0 bridgehead atoms. The minimum Gasteiger partial charge on any atom is -1.00 e. The monoisotopic (exact) mass is 998 g/mol. The molecular formula is C58H52Cl2Hf. The van der Waals surface area contributed by atoms with E-state index in [-0.39, 0.29) is 24.8 Å². The van der Waals surface area contributed by atoms with Gasteiger partial charge in [0.15, 0.2) is 0 Å². The Morgan fingerprint density at radius 3 is 1.11 bits per heavy atom. The Hall–Kier alpha value is -4.27. The molecule has 0 amide bonds. The summed E-state index contributed by atoms with van der Waals surface area (Å²) in [7, 11) is 0. The second kappa shape index (κ2) is 15.5. The molecule has 61 heavy (non-hydrogen) atoms. The Balaban J connectivity index is 0.00000223. The maximum Gasteiger partial charge on any atom is -1.00 e. The van der Waals surface area contributed by atoms with Crippen LogP contribution in [0.3, 0.4) is 0 Å². The molecule has 4 unspecified atom stereocenters. The fourth-order valence-corrected chi connectivity index (χ4v) is 49.6. The Bertz CT molecular complexity index is 2790. The largest absolute Gasteiger partial charge is 1.00 e. The standard InChI is InChI=1S/2C26H21.C6H10.2ClH.Hf/c2*1-17(2)21-15-20-10-7-13-24(25(20)16-21)26-22-11-5-3-8-18(22)14-19-9-4-6-12-23(19)26;1-2-4-6-5-3-1;;;/h2*3-17H,1-2H3;1-2H,3-6H2;2*1H;/q;;;;;+2/p-2. The summed E-state index contributed by atoms with van der Waals surface area (Å²) < 4.78 is 3.09. The smallest absolute Gasteiger partial charge is 1.00 e. The van der Waals surface area contributed by atoms with Gasteiger partial charge in [-0.15, -0.1) is 0 Å². The van der Waals surface area contributed by atoms with Gasteiger partial charge in [-0.3, -0.25) is 0 Å². The van der Waals surface area contributed by atoms with Crippen molar-refractivity contribution in [2.24, 2.45) is 11.8 Å². The number of fused-ring (bicyclic) bond motifs is 7. The van der Waals surface area contributed by atoms with E-state index in [1.54, 1.807) is 22.3 Å². The molecule has 1 saturated carbocycles. The Morgan fingerprint density at radius 1 is 0.426 bits per heavy atom. The first-order valence-corrected chi connectivity index (χ1v) is 30.7. The molecule has 0 aromatic heterocycles. The summed E-state index contributed by atoms with van der Waals surface area (Å²) in [6.45, 7) is 10.0. The van der Waals surface area contributed by atoms with Crippen LogP contribution in [0.1, 0.15) is 83.0 Å². The van der Waals surface area contributed by atoms with Crippen LogP contribution in [0.15, 0.2) is 157 Å². The van der Waals surface area contributed by atoms with Gasteiger partial charge >= 0.3 is 356 Å². The number of hydrogen-bond acceptors (Lipinski definition) is 0. The van der Waals surface area contributed by atoms with Crippen LogP contribution in [-0.4, -0.2) is 0 Å². The molecule has 1 heterocycles. The van der Waals surface area contributed by atoms with Crippen molar-refractivity contribution in [2.45, 2.75) is 68.1 Å². The minimum atomic E-state index is -3.50. The molecule has 0 spiro atoms. The molecule has 4 atom stereocenters. The average molecular weight is 998 g/mol. The zero-order valence-electron chi connectivity index (χ0n) is 35.6. The van der Waals surface area contributed by atoms with Gasteiger partial charge in [0.25, 0.3) is 0 Å². The van der Waals surface area contributed by atoms with Crippen LogP contribution >= 0.6 is 0 Å². The molecule has 8 aromatic carbocycles. The third-order valence-electron chi connectivity index (χ3n) is 15.5. The zero-order valence-corrected chi connectivity index (χ0v) is 40.7. The molecule has 8 aromatic rings. The summed E-state index contributed by atoms with van der Waals surface area (Å²) in [5.74, 6) is 1.01. The molecule has 2 fully saturated rings. The van der Waals surface area contributed by atoms with Crippen LogP contribution in [0.25, 0.3) is 77.5 Å². The number of benzene rings is 8. The van der Waals surface area contributed by atoms with E-state index in [0.717, 1.165) is 7.35 Å². The van der Waals surface area contributed by atoms with Crippen molar-refractivity contribution in [1.82, 2.24) is 0 Å². The van der Waals surface area contributed by atoms with Crippen molar-refractivity contribution in [3.63, 3.8) is 0 Å². The van der Waals surface area contributed by atoms with E-state index in [9.17, 15) is 0 Å². The van der Waals surface area contributed by atoms with Crippen LogP contribution in [0.2, 0.25) is 7.35 Å². The van der Waals surface area contributed by atoms with Gasteiger partial charge in [-0.1, -0.05) is 0 Å². The normalized spacial score (nSPS) is 21.4. The van der Waals surface area contributed by atoms with Crippen molar-refractivity contribution in [3.8, 4) is 22.3 Å². The molecule has 302 valence electrons. The van der Waals surface area contributed by atoms with E-state index < -0.39 is 20.0 Å². The molecule has 3 aliphatic carbocycles. The summed E-state index contributed by atoms with van der Waals surface area (Å²) in [4.78, 5) is 0. The van der Waals surface area contributed by atoms with Gasteiger partial charge in [-0.05, 0) is 0 Å². The topological polar surface area (TPSA) is 0 Å². The Morgan fingerprint density at radius 2 is 0.770 bits per heavy atom. The van der Waals surface area contributed by atoms with Gasteiger partial charge in [0.2, 0.25) is 0 Å². The first kappa shape index (κ1) is 40.8. The van der Waals surface area contributed by atoms with Gasteiger partial charge in [0.05, 0.1) is 0 Å².